The fraction of sp³-hybridized carbons (Fsp3) is 0.923. The number of rotatable bonds is 5. The molecule has 1 aliphatic heterocycles. The highest BCUT2D eigenvalue weighted by atomic mass is 32.2. The number of thioether (sulfide) groups is 1. The molecule has 0 radical (unpaired) electrons. The average molecular weight is 257 g/mol. The van der Waals surface area contributed by atoms with Gasteiger partial charge in [0.05, 0.1) is 6.61 Å². The number of amides is 1. The maximum Gasteiger partial charge on any atom is 0.223 e. The van der Waals surface area contributed by atoms with Crippen LogP contribution in [-0.2, 0) is 4.79 Å². The van der Waals surface area contributed by atoms with Gasteiger partial charge >= 0.3 is 0 Å². The van der Waals surface area contributed by atoms with Gasteiger partial charge in [0.1, 0.15) is 0 Å². The van der Waals surface area contributed by atoms with Gasteiger partial charge in [0.25, 0.3) is 0 Å². The number of hydrogen-bond donors (Lipinski definition) is 1. The van der Waals surface area contributed by atoms with E-state index >= 15 is 0 Å². The molecule has 2 fully saturated rings. The molecule has 0 atom stereocenters. The van der Waals surface area contributed by atoms with Crippen LogP contribution in [-0.4, -0.2) is 46.6 Å². The second kappa shape index (κ2) is 6.64. The van der Waals surface area contributed by atoms with Gasteiger partial charge in [-0.15, -0.1) is 0 Å². The fourth-order valence-electron chi connectivity index (χ4n) is 2.63. The molecular weight excluding hydrogens is 234 g/mol. The summed E-state index contributed by atoms with van der Waals surface area (Å²) < 4.78 is 0. The second-order valence-corrected chi connectivity index (χ2v) is 6.38. The van der Waals surface area contributed by atoms with E-state index in [-0.39, 0.29) is 12.5 Å². The Labute approximate surface area is 108 Å². The number of aliphatic hydroxyl groups excluding tert-OH is 1. The van der Waals surface area contributed by atoms with Crippen LogP contribution in [0, 0.1) is 5.92 Å². The van der Waals surface area contributed by atoms with Crippen molar-refractivity contribution in [3.8, 4) is 0 Å². The topological polar surface area (TPSA) is 40.5 Å². The summed E-state index contributed by atoms with van der Waals surface area (Å²) in [6, 6.07) is 0.424. The molecule has 1 heterocycles. The van der Waals surface area contributed by atoms with Gasteiger partial charge in [-0.3, -0.25) is 4.79 Å². The van der Waals surface area contributed by atoms with Crippen LogP contribution in [0.5, 0.6) is 0 Å². The number of carbonyl (C=O) groups excluding carboxylic acids is 1. The lowest BCUT2D eigenvalue weighted by molar-refractivity contribution is -0.137. The third-order valence-electron chi connectivity index (χ3n) is 3.98. The van der Waals surface area contributed by atoms with E-state index in [0.717, 1.165) is 12.8 Å². The summed E-state index contributed by atoms with van der Waals surface area (Å²) >= 11 is 2.00. The fourth-order valence-corrected chi connectivity index (χ4v) is 3.84. The van der Waals surface area contributed by atoms with Crippen molar-refractivity contribution < 1.29 is 9.90 Å². The average Bonchev–Trinajstić information content (AvgIpc) is 2.27. The zero-order chi connectivity index (χ0) is 12.1. The Hall–Kier alpha value is -0.220. The van der Waals surface area contributed by atoms with Crippen LogP contribution in [0.15, 0.2) is 0 Å². The molecule has 0 spiro atoms. The molecule has 0 unspecified atom stereocenters. The van der Waals surface area contributed by atoms with Crippen LogP contribution in [0.25, 0.3) is 0 Å². The smallest absolute Gasteiger partial charge is 0.223 e. The molecule has 1 amide bonds. The van der Waals surface area contributed by atoms with E-state index in [0.29, 0.717) is 24.9 Å². The molecule has 1 saturated heterocycles. The Morgan fingerprint density at radius 1 is 1.24 bits per heavy atom. The molecule has 0 aromatic heterocycles. The maximum atomic E-state index is 12.2. The van der Waals surface area contributed by atoms with E-state index in [1.165, 1.54) is 30.8 Å². The monoisotopic (exact) mass is 257 g/mol. The van der Waals surface area contributed by atoms with Crippen molar-refractivity contribution in [3.05, 3.63) is 0 Å². The molecule has 98 valence electrons. The zero-order valence-electron chi connectivity index (χ0n) is 10.4. The lowest BCUT2D eigenvalue weighted by Crippen LogP contribution is -2.46. The van der Waals surface area contributed by atoms with Gasteiger partial charge in [-0.25, -0.2) is 0 Å². The van der Waals surface area contributed by atoms with E-state index in [4.69, 9.17) is 5.11 Å². The highest BCUT2D eigenvalue weighted by Gasteiger charge is 2.29. The second-order valence-electron chi connectivity index (χ2n) is 5.16. The van der Waals surface area contributed by atoms with Gasteiger partial charge in [0.2, 0.25) is 5.91 Å². The standard InChI is InChI=1S/C13H23NO2S/c15-7-6-14(12-2-1-3-12)13(16)10-11-4-8-17-9-5-11/h11-12,15H,1-10H2. The van der Waals surface area contributed by atoms with Crippen LogP contribution in [0.2, 0.25) is 0 Å². The van der Waals surface area contributed by atoms with Crippen LogP contribution in [0.3, 0.4) is 0 Å². The van der Waals surface area contributed by atoms with Crippen LogP contribution < -0.4 is 0 Å². The van der Waals surface area contributed by atoms with Crippen LogP contribution in [0.1, 0.15) is 38.5 Å². The van der Waals surface area contributed by atoms with Crippen molar-refractivity contribution in [2.75, 3.05) is 24.7 Å². The van der Waals surface area contributed by atoms with E-state index in [2.05, 4.69) is 0 Å². The molecule has 0 aromatic carbocycles. The molecule has 17 heavy (non-hydrogen) atoms. The minimum atomic E-state index is 0.1000. The van der Waals surface area contributed by atoms with Crippen molar-refractivity contribution in [3.63, 3.8) is 0 Å². The Balaban J connectivity index is 1.81. The highest BCUT2D eigenvalue weighted by Crippen LogP contribution is 2.29. The molecule has 1 saturated carbocycles. The molecule has 2 rings (SSSR count). The van der Waals surface area contributed by atoms with E-state index in [1.807, 2.05) is 16.7 Å². The Morgan fingerprint density at radius 2 is 1.94 bits per heavy atom. The summed E-state index contributed by atoms with van der Waals surface area (Å²) in [5.41, 5.74) is 0. The maximum absolute atomic E-state index is 12.2. The Bertz CT molecular complexity index is 250. The normalized spacial score (nSPS) is 22.2. The van der Waals surface area contributed by atoms with Gasteiger partial charge in [-0.2, -0.15) is 11.8 Å². The van der Waals surface area contributed by atoms with Gasteiger partial charge in [-0.1, -0.05) is 0 Å². The number of aliphatic hydroxyl groups is 1. The van der Waals surface area contributed by atoms with Crippen molar-refractivity contribution in [2.24, 2.45) is 5.92 Å². The molecule has 1 N–H and O–H groups in total. The summed E-state index contributed by atoms with van der Waals surface area (Å²) in [7, 11) is 0. The quantitative estimate of drug-likeness (QED) is 0.817. The Kier molecular flexibility index (Phi) is 5.16. The summed E-state index contributed by atoms with van der Waals surface area (Å²) in [4.78, 5) is 14.2. The number of nitrogens with zero attached hydrogens (tertiary/aromatic N) is 1. The summed E-state index contributed by atoms with van der Waals surface area (Å²) in [5, 5.41) is 9.06. The SMILES string of the molecule is O=C(CC1CCSCC1)N(CCO)C1CCC1. The third-order valence-corrected chi connectivity index (χ3v) is 5.03. The van der Waals surface area contributed by atoms with Crippen molar-refractivity contribution in [1.82, 2.24) is 4.90 Å². The van der Waals surface area contributed by atoms with Gasteiger partial charge in [0.15, 0.2) is 0 Å². The highest BCUT2D eigenvalue weighted by molar-refractivity contribution is 7.99. The summed E-state index contributed by atoms with van der Waals surface area (Å²) in [6.45, 7) is 0.633. The lowest BCUT2D eigenvalue weighted by atomic mass is 9.90. The van der Waals surface area contributed by atoms with Gasteiger partial charge in [-0.05, 0) is 49.5 Å². The van der Waals surface area contributed by atoms with Crippen molar-refractivity contribution in [2.45, 2.75) is 44.6 Å². The molecule has 3 nitrogen and oxygen atoms in total. The predicted molar refractivity (Wildman–Crippen MR) is 71.1 cm³/mol. The summed E-state index contributed by atoms with van der Waals surface area (Å²) in [5.74, 6) is 3.29. The molecular formula is C13H23NO2S. The van der Waals surface area contributed by atoms with Crippen molar-refractivity contribution >= 4 is 17.7 Å². The molecule has 1 aliphatic carbocycles. The van der Waals surface area contributed by atoms with Gasteiger partial charge in [0, 0.05) is 19.0 Å². The first-order valence-electron chi connectivity index (χ1n) is 6.79. The minimum Gasteiger partial charge on any atom is -0.395 e. The molecule has 0 aromatic rings. The molecule has 4 heteroatoms. The predicted octanol–water partition coefficient (Wildman–Crippen LogP) is 1.89. The van der Waals surface area contributed by atoms with E-state index in [9.17, 15) is 4.79 Å². The number of carbonyl (C=O) groups is 1. The first-order valence-corrected chi connectivity index (χ1v) is 7.95. The lowest BCUT2D eigenvalue weighted by Gasteiger charge is -2.38. The first kappa shape index (κ1) is 13.2. The molecule has 0 bridgehead atoms. The zero-order valence-corrected chi connectivity index (χ0v) is 11.3. The Morgan fingerprint density at radius 3 is 2.47 bits per heavy atom. The van der Waals surface area contributed by atoms with E-state index in [1.54, 1.807) is 0 Å². The van der Waals surface area contributed by atoms with Gasteiger partial charge < -0.3 is 10.0 Å². The number of hydrogen-bond acceptors (Lipinski definition) is 3. The van der Waals surface area contributed by atoms with Crippen LogP contribution in [0.4, 0.5) is 0 Å². The van der Waals surface area contributed by atoms with Crippen LogP contribution >= 0.6 is 11.8 Å². The van der Waals surface area contributed by atoms with Crippen molar-refractivity contribution in [1.29, 1.82) is 0 Å². The molecule has 2 aliphatic rings. The summed E-state index contributed by atoms with van der Waals surface area (Å²) in [6.07, 6.45) is 6.58. The third kappa shape index (κ3) is 3.62. The first-order chi connectivity index (χ1) is 8.31. The minimum absolute atomic E-state index is 0.1000. The largest absolute Gasteiger partial charge is 0.395 e. The van der Waals surface area contributed by atoms with E-state index < -0.39 is 0 Å².